The Morgan fingerprint density at radius 2 is 2.00 bits per heavy atom. The third kappa shape index (κ3) is 3.17. The second kappa shape index (κ2) is 6.53. The number of methoxy groups -OCH3 is 1. The zero-order chi connectivity index (χ0) is 14.5. The van der Waals surface area contributed by atoms with Gasteiger partial charge in [-0.15, -0.1) is 0 Å². The smallest absolute Gasteiger partial charge is 0.132 e. The molecule has 0 aliphatic carbocycles. The lowest BCUT2D eigenvalue weighted by Crippen LogP contribution is -2.14. The number of hydrogen-bond acceptors (Lipinski definition) is 2. The van der Waals surface area contributed by atoms with Crippen LogP contribution in [0, 0.1) is 5.82 Å². The molecule has 2 N–H and O–H groups in total. The summed E-state index contributed by atoms with van der Waals surface area (Å²) in [6, 6.07) is 12.4. The van der Waals surface area contributed by atoms with Gasteiger partial charge in [0.1, 0.15) is 11.6 Å². The van der Waals surface area contributed by atoms with E-state index in [1.807, 2.05) is 12.1 Å². The van der Waals surface area contributed by atoms with Crippen LogP contribution >= 0.6 is 0 Å². The zero-order valence-corrected chi connectivity index (χ0v) is 11.9. The molecule has 0 spiro atoms. The summed E-state index contributed by atoms with van der Waals surface area (Å²) < 4.78 is 19.1. The fraction of sp³-hybridized carbons (Fsp3) is 0.294. The number of ether oxygens (including phenoxy) is 1. The molecule has 0 fully saturated rings. The molecule has 0 saturated carbocycles. The monoisotopic (exact) mass is 273 g/mol. The molecule has 2 nitrogen and oxygen atoms in total. The van der Waals surface area contributed by atoms with Crippen molar-refractivity contribution in [2.45, 2.75) is 25.8 Å². The molecule has 0 aliphatic rings. The van der Waals surface area contributed by atoms with Crippen LogP contribution in [0.1, 0.15) is 36.1 Å². The van der Waals surface area contributed by atoms with Crippen LogP contribution in [0.3, 0.4) is 0 Å². The Morgan fingerprint density at radius 3 is 2.65 bits per heavy atom. The third-order valence-electron chi connectivity index (χ3n) is 3.39. The van der Waals surface area contributed by atoms with Gasteiger partial charge < -0.3 is 10.5 Å². The molecule has 0 aliphatic heterocycles. The van der Waals surface area contributed by atoms with E-state index >= 15 is 0 Å². The summed E-state index contributed by atoms with van der Waals surface area (Å²) in [5.41, 5.74) is 8.84. The molecule has 106 valence electrons. The molecule has 0 aromatic heterocycles. The number of hydrogen-bond donors (Lipinski definition) is 1. The van der Waals surface area contributed by atoms with Gasteiger partial charge in [0, 0.05) is 11.6 Å². The zero-order valence-electron chi connectivity index (χ0n) is 11.9. The fourth-order valence-electron chi connectivity index (χ4n) is 2.30. The highest BCUT2D eigenvalue weighted by Gasteiger charge is 2.14. The van der Waals surface area contributed by atoms with Gasteiger partial charge in [0.25, 0.3) is 0 Å². The first-order valence-corrected chi connectivity index (χ1v) is 6.83. The van der Waals surface area contributed by atoms with E-state index in [4.69, 9.17) is 10.5 Å². The normalized spacial score (nSPS) is 12.2. The molecule has 1 atom stereocenters. The Morgan fingerprint density at radius 1 is 1.20 bits per heavy atom. The van der Waals surface area contributed by atoms with Crippen molar-refractivity contribution >= 4 is 0 Å². The summed E-state index contributed by atoms with van der Waals surface area (Å²) in [7, 11) is 1.52. The molecule has 2 rings (SSSR count). The van der Waals surface area contributed by atoms with Crippen LogP contribution in [-0.4, -0.2) is 7.11 Å². The molecule has 0 saturated heterocycles. The van der Waals surface area contributed by atoms with Crippen LogP contribution < -0.4 is 10.5 Å². The van der Waals surface area contributed by atoms with Gasteiger partial charge in [-0.05, 0) is 23.6 Å². The van der Waals surface area contributed by atoms with Crippen LogP contribution in [0.15, 0.2) is 42.5 Å². The summed E-state index contributed by atoms with van der Waals surface area (Å²) in [6.45, 7) is 2.13. The van der Waals surface area contributed by atoms with Crippen molar-refractivity contribution in [2.75, 3.05) is 7.11 Å². The van der Waals surface area contributed by atoms with E-state index in [0.29, 0.717) is 11.3 Å². The largest absolute Gasteiger partial charge is 0.497 e. The van der Waals surface area contributed by atoms with Crippen molar-refractivity contribution in [3.05, 3.63) is 65.0 Å². The second-order valence-electron chi connectivity index (χ2n) is 4.86. The van der Waals surface area contributed by atoms with E-state index in [1.165, 1.54) is 18.7 Å². The Bertz CT molecular complexity index is 583. The van der Waals surface area contributed by atoms with Crippen molar-refractivity contribution < 1.29 is 9.13 Å². The Kier molecular flexibility index (Phi) is 4.74. The van der Waals surface area contributed by atoms with Crippen LogP contribution in [0.25, 0.3) is 0 Å². The number of nitrogens with two attached hydrogens (primary N) is 1. The first-order valence-electron chi connectivity index (χ1n) is 6.83. The van der Waals surface area contributed by atoms with Crippen LogP contribution in [0.2, 0.25) is 0 Å². The van der Waals surface area contributed by atoms with Gasteiger partial charge in [-0.2, -0.15) is 0 Å². The van der Waals surface area contributed by atoms with E-state index in [-0.39, 0.29) is 5.82 Å². The maximum absolute atomic E-state index is 14.1. The highest BCUT2D eigenvalue weighted by molar-refractivity contribution is 5.37. The quantitative estimate of drug-likeness (QED) is 0.898. The Hall–Kier alpha value is -1.87. The molecule has 0 bridgehead atoms. The standard InChI is InChI=1S/C17H20FNO/c1-3-5-12-6-4-7-13(10-12)17(19)15-9-8-14(20-2)11-16(15)18/h4,6-11,17H,3,5,19H2,1-2H3. The highest BCUT2D eigenvalue weighted by atomic mass is 19.1. The van der Waals surface area contributed by atoms with E-state index < -0.39 is 6.04 Å². The summed E-state index contributed by atoms with van der Waals surface area (Å²) >= 11 is 0. The topological polar surface area (TPSA) is 35.2 Å². The van der Waals surface area contributed by atoms with Gasteiger partial charge in [-0.1, -0.05) is 43.7 Å². The van der Waals surface area contributed by atoms with Gasteiger partial charge in [-0.25, -0.2) is 4.39 Å². The van der Waals surface area contributed by atoms with Gasteiger partial charge in [0.15, 0.2) is 0 Å². The first kappa shape index (κ1) is 14.5. The second-order valence-corrected chi connectivity index (χ2v) is 4.86. The van der Waals surface area contributed by atoms with Crippen molar-refractivity contribution in [1.29, 1.82) is 0 Å². The van der Waals surface area contributed by atoms with Crippen molar-refractivity contribution in [3.8, 4) is 5.75 Å². The molecule has 20 heavy (non-hydrogen) atoms. The van der Waals surface area contributed by atoms with E-state index in [0.717, 1.165) is 18.4 Å². The minimum atomic E-state index is -0.460. The van der Waals surface area contributed by atoms with Gasteiger partial charge in [-0.3, -0.25) is 0 Å². The fourth-order valence-corrected chi connectivity index (χ4v) is 2.30. The summed E-state index contributed by atoms with van der Waals surface area (Å²) in [6.07, 6.45) is 2.08. The van der Waals surface area contributed by atoms with Crippen LogP contribution in [0.4, 0.5) is 4.39 Å². The number of benzene rings is 2. The molecule has 0 radical (unpaired) electrons. The lowest BCUT2D eigenvalue weighted by Gasteiger charge is -2.15. The predicted molar refractivity (Wildman–Crippen MR) is 79.4 cm³/mol. The molecular weight excluding hydrogens is 253 g/mol. The molecule has 2 aromatic rings. The third-order valence-corrected chi connectivity index (χ3v) is 3.39. The minimum Gasteiger partial charge on any atom is -0.497 e. The Labute approximate surface area is 119 Å². The molecule has 3 heteroatoms. The van der Waals surface area contributed by atoms with Crippen molar-refractivity contribution in [1.82, 2.24) is 0 Å². The summed E-state index contributed by atoms with van der Waals surface area (Å²) in [5.74, 6) is 0.163. The summed E-state index contributed by atoms with van der Waals surface area (Å²) in [4.78, 5) is 0. The SMILES string of the molecule is CCCc1cccc(C(N)c2ccc(OC)cc2F)c1. The lowest BCUT2D eigenvalue weighted by atomic mass is 9.96. The number of halogens is 1. The van der Waals surface area contributed by atoms with Crippen LogP contribution in [0.5, 0.6) is 5.75 Å². The van der Waals surface area contributed by atoms with Gasteiger partial charge in [0.05, 0.1) is 13.2 Å². The maximum atomic E-state index is 14.1. The van der Waals surface area contributed by atoms with E-state index in [2.05, 4.69) is 19.1 Å². The molecule has 0 heterocycles. The number of rotatable bonds is 5. The molecule has 1 unspecified atom stereocenters. The molecular formula is C17H20FNO. The average molecular weight is 273 g/mol. The molecule has 2 aromatic carbocycles. The Balaban J connectivity index is 2.30. The first-order chi connectivity index (χ1) is 9.65. The average Bonchev–Trinajstić information content (AvgIpc) is 2.47. The van der Waals surface area contributed by atoms with E-state index in [9.17, 15) is 4.39 Å². The highest BCUT2D eigenvalue weighted by Crippen LogP contribution is 2.26. The van der Waals surface area contributed by atoms with Gasteiger partial charge >= 0.3 is 0 Å². The maximum Gasteiger partial charge on any atom is 0.132 e. The van der Waals surface area contributed by atoms with Crippen molar-refractivity contribution in [2.24, 2.45) is 5.73 Å². The lowest BCUT2D eigenvalue weighted by molar-refractivity contribution is 0.410. The summed E-state index contributed by atoms with van der Waals surface area (Å²) in [5, 5.41) is 0. The number of aryl methyl sites for hydroxylation is 1. The van der Waals surface area contributed by atoms with Crippen molar-refractivity contribution in [3.63, 3.8) is 0 Å². The van der Waals surface area contributed by atoms with Crippen LogP contribution in [-0.2, 0) is 6.42 Å². The molecule has 0 amide bonds. The van der Waals surface area contributed by atoms with E-state index in [1.54, 1.807) is 12.1 Å². The minimum absolute atomic E-state index is 0.335. The van der Waals surface area contributed by atoms with Gasteiger partial charge in [0.2, 0.25) is 0 Å². The predicted octanol–water partition coefficient (Wildman–Crippen LogP) is 3.83.